The van der Waals surface area contributed by atoms with Gasteiger partial charge in [0.25, 0.3) is 5.91 Å². The zero-order valence-corrected chi connectivity index (χ0v) is 10.8. The number of anilines is 1. The second-order valence-electron chi connectivity index (χ2n) is 4.30. The number of carbonyl (C=O) groups is 1. The first kappa shape index (κ1) is 13.3. The van der Waals surface area contributed by atoms with Gasteiger partial charge in [-0.3, -0.25) is 4.79 Å². The third-order valence-electron chi connectivity index (χ3n) is 2.74. The van der Waals surface area contributed by atoms with E-state index in [0.717, 1.165) is 11.1 Å². The average Bonchev–Trinajstić information content (AvgIpc) is 2.28. The third kappa shape index (κ3) is 3.09. The maximum absolute atomic E-state index is 12.3. The Labute approximate surface area is 103 Å². The summed E-state index contributed by atoms with van der Waals surface area (Å²) in [4.78, 5) is 14.1. The van der Waals surface area contributed by atoms with E-state index in [1.54, 1.807) is 11.0 Å². The number of likely N-dealkylation sites (N-methyl/N-ethyl adjacent to an activating group) is 1. The molecule has 0 saturated heterocycles. The van der Waals surface area contributed by atoms with Gasteiger partial charge in [0.05, 0.1) is 0 Å². The lowest BCUT2D eigenvalue weighted by Crippen LogP contribution is -2.32. The Hall–Kier alpha value is -1.77. The summed E-state index contributed by atoms with van der Waals surface area (Å²) in [5.41, 5.74) is 8.96. The molecule has 3 heteroatoms. The summed E-state index contributed by atoms with van der Waals surface area (Å²) in [6.45, 7) is 10.8. The van der Waals surface area contributed by atoms with Crippen LogP contribution in [0, 0.1) is 6.92 Å². The van der Waals surface area contributed by atoms with E-state index in [1.807, 2.05) is 32.9 Å². The summed E-state index contributed by atoms with van der Waals surface area (Å²) < 4.78 is 0. The zero-order chi connectivity index (χ0) is 13.0. The van der Waals surface area contributed by atoms with Crippen molar-refractivity contribution in [1.82, 2.24) is 4.90 Å². The van der Waals surface area contributed by atoms with Crippen LogP contribution < -0.4 is 5.73 Å². The second-order valence-corrected chi connectivity index (χ2v) is 4.30. The van der Waals surface area contributed by atoms with Gasteiger partial charge in [-0.25, -0.2) is 0 Å². The van der Waals surface area contributed by atoms with Crippen LogP contribution in [-0.2, 0) is 0 Å². The van der Waals surface area contributed by atoms with Gasteiger partial charge >= 0.3 is 0 Å². The van der Waals surface area contributed by atoms with E-state index in [2.05, 4.69) is 6.58 Å². The summed E-state index contributed by atoms with van der Waals surface area (Å²) >= 11 is 0. The highest BCUT2D eigenvalue weighted by atomic mass is 16.2. The van der Waals surface area contributed by atoms with E-state index in [1.165, 1.54) is 0 Å². The summed E-state index contributed by atoms with van der Waals surface area (Å²) in [6, 6.07) is 5.43. The molecular formula is C14H20N2O. The quantitative estimate of drug-likeness (QED) is 0.640. The molecule has 0 spiro atoms. The van der Waals surface area contributed by atoms with Crippen LogP contribution in [0.5, 0.6) is 0 Å². The van der Waals surface area contributed by atoms with Gasteiger partial charge in [0.15, 0.2) is 0 Å². The number of benzene rings is 1. The molecule has 0 radical (unpaired) electrons. The van der Waals surface area contributed by atoms with Crippen molar-refractivity contribution in [2.45, 2.75) is 20.8 Å². The normalized spacial score (nSPS) is 10.1. The van der Waals surface area contributed by atoms with E-state index in [0.29, 0.717) is 24.3 Å². The molecule has 0 unspecified atom stereocenters. The summed E-state index contributed by atoms with van der Waals surface area (Å²) in [5, 5.41) is 0. The first-order valence-electron chi connectivity index (χ1n) is 5.76. The number of nitrogens with zero attached hydrogens (tertiary/aromatic N) is 1. The minimum atomic E-state index is 0.0142. The summed E-state index contributed by atoms with van der Waals surface area (Å²) in [6.07, 6.45) is 0. The molecule has 92 valence electrons. The fourth-order valence-corrected chi connectivity index (χ4v) is 1.71. The number of carbonyl (C=O) groups excluding carboxylic acids is 1. The lowest BCUT2D eigenvalue weighted by Gasteiger charge is -2.22. The van der Waals surface area contributed by atoms with Gasteiger partial charge in [0.2, 0.25) is 0 Å². The second kappa shape index (κ2) is 5.53. The average molecular weight is 232 g/mol. The minimum absolute atomic E-state index is 0.0142. The molecule has 1 aromatic carbocycles. The van der Waals surface area contributed by atoms with Gasteiger partial charge in [0.1, 0.15) is 0 Å². The van der Waals surface area contributed by atoms with Crippen molar-refractivity contribution in [3.63, 3.8) is 0 Å². The van der Waals surface area contributed by atoms with Crippen LogP contribution in [0.2, 0.25) is 0 Å². The molecule has 0 bridgehead atoms. The van der Waals surface area contributed by atoms with E-state index in [-0.39, 0.29) is 5.91 Å². The van der Waals surface area contributed by atoms with E-state index in [9.17, 15) is 4.79 Å². The topological polar surface area (TPSA) is 46.3 Å². The fraction of sp³-hybridized carbons (Fsp3) is 0.357. The van der Waals surface area contributed by atoms with Crippen molar-refractivity contribution in [3.05, 3.63) is 41.5 Å². The van der Waals surface area contributed by atoms with Crippen LogP contribution in [0.1, 0.15) is 29.8 Å². The highest BCUT2D eigenvalue weighted by Crippen LogP contribution is 2.17. The monoisotopic (exact) mass is 232 g/mol. The molecule has 0 aromatic heterocycles. The van der Waals surface area contributed by atoms with Crippen molar-refractivity contribution in [2.75, 3.05) is 18.8 Å². The zero-order valence-electron chi connectivity index (χ0n) is 10.8. The maximum Gasteiger partial charge on any atom is 0.254 e. The van der Waals surface area contributed by atoms with Crippen LogP contribution in [0.3, 0.4) is 0 Å². The van der Waals surface area contributed by atoms with Crippen molar-refractivity contribution < 1.29 is 4.79 Å². The van der Waals surface area contributed by atoms with Crippen molar-refractivity contribution in [1.29, 1.82) is 0 Å². The molecule has 3 nitrogen and oxygen atoms in total. The first-order valence-corrected chi connectivity index (χ1v) is 5.76. The van der Waals surface area contributed by atoms with Gasteiger partial charge in [-0.1, -0.05) is 18.2 Å². The fourth-order valence-electron chi connectivity index (χ4n) is 1.71. The van der Waals surface area contributed by atoms with Crippen molar-refractivity contribution >= 4 is 11.6 Å². The first-order chi connectivity index (χ1) is 7.97. The molecule has 0 aliphatic heterocycles. The van der Waals surface area contributed by atoms with E-state index < -0.39 is 0 Å². The molecule has 0 aliphatic rings. The lowest BCUT2D eigenvalue weighted by molar-refractivity contribution is 0.0777. The van der Waals surface area contributed by atoms with Crippen molar-refractivity contribution in [2.24, 2.45) is 0 Å². The van der Waals surface area contributed by atoms with Crippen molar-refractivity contribution in [3.8, 4) is 0 Å². The summed E-state index contributed by atoms with van der Waals surface area (Å²) in [7, 11) is 0. The van der Waals surface area contributed by atoms with Gasteiger partial charge in [-0.15, -0.1) is 0 Å². The highest BCUT2D eigenvalue weighted by Gasteiger charge is 2.16. The molecule has 0 aliphatic carbocycles. The van der Waals surface area contributed by atoms with Gasteiger partial charge in [0, 0.05) is 24.3 Å². The molecule has 1 aromatic rings. The molecule has 2 N–H and O–H groups in total. The third-order valence-corrected chi connectivity index (χ3v) is 2.74. The van der Waals surface area contributed by atoms with E-state index >= 15 is 0 Å². The molecule has 1 amide bonds. The number of hydrogen-bond donors (Lipinski definition) is 1. The number of nitrogen functional groups attached to an aromatic ring is 1. The highest BCUT2D eigenvalue weighted by molar-refractivity contribution is 5.97. The molecule has 0 atom stereocenters. The Balaban J connectivity index is 3.02. The van der Waals surface area contributed by atoms with Gasteiger partial charge < -0.3 is 10.6 Å². The molecule has 0 heterocycles. The van der Waals surface area contributed by atoms with Gasteiger partial charge in [-0.2, -0.15) is 0 Å². The lowest BCUT2D eigenvalue weighted by atomic mass is 10.1. The Morgan fingerprint density at radius 1 is 1.47 bits per heavy atom. The minimum Gasteiger partial charge on any atom is -0.398 e. The van der Waals surface area contributed by atoms with Crippen LogP contribution in [-0.4, -0.2) is 23.9 Å². The number of nitrogens with two attached hydrogens (primary N) is 1. The number of rotatable bonds is 4. The molecule has 0 fully saturated rings. The Kier molecular flexibility index (Phi) is 4.32. The number of hydrogen-bond acceptors (Lipinski definition) is 2. The molecule has 1 rings (SSSR count). The van der Waals surface area contributed by atoms with Crippen LogP contribution >= 0.6 is 0 Å². The summed E-state index contributed by atoms with van der Waals surface area (Å²) in [5.74, 6) is 0.0142. The van der Waals surface area contributed by atoms with Crippen LogP contribution in [0.25, 0.3) is 0 Å². The standard InChI is InChI=1S/C14H20N2O/c1-5-16(9-10(2)3)14(17)12-7-6-8-13(15)11(12)4/h6-8H,2,5,9,15H2,1,3-4H3. The predicted molar refractivity (Wildman–Crippen MR) is 72.0 cm³/mol. The van der Waals surface area contributed by atoms with Gasteiger partial charge in [-0.05, 0) is 38.5 Å². The van der Waals surface area contributed by atoms with Crippen LogP contribution in [0.15, 0.2) is 30.4 Å². The van der Waals surface area contributed by atoms with Crippen LogP contribution in [0.4, 0.5) is 5.69 Å². The maximum atomic E-state index is 12.3. The SMILES string of the molecule is C=C(C)CN(CC)C(=O)c1cccc(N)c1C. The predicted octanol–water partition coefficient (Wildman–Crippen LogP) is 2.62. The molecular weight excluding hydrogens is 212 g/mol. The van der Waals surface area contributed by atoms with E-state index in [4.69, 9.17) is 5.73 Å². The Morgan fingerprint density at radius 2 is 2.12 bits per heavy atom. The smallest absolute Gasteiger partial charge is 0.254 e. The molecule has 17 heavy (non-hydrogen) atoms. The number of amides is 1. The largest absolute Gasteiger partial charge is 0.398 e. The Bertz CT molecular complexity index is 438. The Morgan fingerprint density at radius 3 is 2.65 bits per heavy atom. The molecule has 0 saturated carbocycles.